The topological polar surface area (TPSA) is 48.6 Å². The Balaban J connectivity index is 1.92. The van der Waals surface area contributed by atoms with Crippen molar-refractivity contribution >= 4 is 29.2 Å². The van der Waals surface area contributed by atoms with Crippen molar-refractivity contribution < 1.29 is 13.2 Å². The molecule has 0 radical (unpaired) electrons. The molecule has 0 aliphatic heterocycles. The van der Waals surface area contributed by atoms with E-state index in [4.69, 9.17) is 17.0 Å². The summed E-state index contributed by atoms with van der Waals surface area (Å²) in [7, 11) is 0. The Morgan fingerprint density at radius 3 is 2.37 bits per heavy atom. The summed E-state index contributed by atoms with van der Waals surface area (Å²) in [5.74, 6) is 0. The minimum Gasteiger partial charge on any atom is -0.306 e. The minimum absolute atomic E-state index is 0.143. The monoisotopic (exact) mass is 393 g/mol. The van der Waals surface area contributed by atoms with Crippen LogP contribution in [0.25, 0.3) is 0 Å². The highest BCUT2D eigenvalue weighted by atomic mass is 35.5. The minimum atomic E-state index is -4.36. The number of rotatable bonds is 6. The van der Waals surface area contributed by atoms with E-state index in [9.17, 15) is 13.2 Å². The maximum atomic E-state index is 12.6. The number of nitrogens with zero attached hydrogens (tertiary/aromatic N) is 2. The second kappa shape index (κ2) is 8.95. The van der Waals surface area contributed by atoms with Gasteiger partial charge in [-0.1, -0.05) is 29.8 Å². The van der Waals surface area contributed by atoms with E-state index in [0.29, 0.717) is 22.0 Å². The third-order valence-corrected chi connectivity index (χ3v) is 4.12. The molecule has 27 heavy (non-hydrogen) atoms. The normalized spacial score (nSPS) is 12.6. The summed E-state index contributed by atoms with van der Waals surface area (Å²) in [6.07, 6.45) is -2.67. The van der Waals surface area contributed by atoms with Crippen LogP contribution in [0.1, 0.15) is 29.2 Å². The summed E-state index contributed by atoms with van der Waals surface area (Å²) in [5.41, 5.74) is 2.70. The largest absolute Gasteiger partial charge is 0.416 e. The summed E-state index contributed by atoms with van der Waals surface area (Å²) in [4.78, 5) is 8.49. The highest BCUT2D eigenvalue weighted by Crippen LogP contribution is 2.29. The second-order valence-electron chi connectivity index (χ2n) is 6.05. The van der Waals surface area contributed by atoms with Crippen LogP contribution in [0, 0.1) is 12.3 Å². The number of aliphatic imine (C=N–C) groups is 2. The van der Waals surface area contributed by atoms with Gasteiger partial charge in [-0.15, -0.1) is 0 Å². The van der Waals surface area contributed by atoms with Crippen molar-refractivity contribution in [2.45, 2.75) is 20.0 Å². The van der Waals surface area contributed by atoms with Crippen LogP contribution in [0.3, 0.4) is 0 Å². The molecule has 0 aliphatic carbocycles. The van der Waals surface area contributed by atoms with Gasteiger partial charge < -0.3 is 5.41 Å². The van der Waals surface area contributed by atoms with Crippen molar-refractivity contribution in [3.05, 3.63) is 69.7 Å². The number of hydrogen-bond acceptors (Lipinski definition) is 3. The van der Waals surface area contributed by atoms with Crippen molar-refractivity contribution in [2.75, 3.05) is 13.1 Å². The quantitative estimate of drug-likeness (QED) is 0.620. The van der Waals surface area contributed by atoms with Gasteiger partial charge in [0.15, 0.2) is 0 Å². The fourth-order valence-corrected chi connectivity index (χ4v) is 2.52. The van der Waals surface area contributed by atoms with E-state index >= 15 is 0 Å². The van der Waals surface area contributed by atoms with Crippen LogP contribution in [0.5, 0.6) is 0 Å². The summed E-state index contributed by atoms with van der Waals surface area (Å²) < 4.78 is 37.7. The maximum absolute atomic E-state index is 12.6. The van der Waals surface area contributed by atoms with Crippen LogP contribution in [0.4, 0.5) is 13.2 Å². The molecule has 0 bridgehead atoms. The van der Waals surface area contributed by atoms with Crippen molar-refractivity contribution in [3.8, 4) is 0 Å². The van der Waals surface area contributed by atoms with Gasteiger partial charge in [0.2, 0.25) is 0 Å². The first-order valence-corrected chi connectivity index (χ1v) is 8.55. The Morgan fingerprint density at radius 2 is 1.78 bits per heavy atom. The zero-order valence-electron chi connectivity index (χ0n) is 14.9. The lowest BCUT2D eigenvalue weighted by molar-refractivity contribution is -0.137. The van der Waals surface area contributed by atoms with Crippen molar-refractivity contribution in [3.63, 3.8) is 0 Å². The summed E-state index contributed by atoms with van der Waals surface area (Å²) in [6.45, 7) is 3.97. The van der Waals surface area contributed by atoms with Gasteiger partial charge in [0.25, 0.3) is 0 Å². The smallest absolute Gasteiger partial charge is 0.306 e. The first-order valence-electron chi connectivity index (χ1n) is 8.18. The fourth-order valence-electron chi connectivity index (χ4n) is 2.29. The van der Waals surface area contributed by atoms with Crippen LogP contribution >= 0.6 is 11.6 Å². The lowest BCUT2D eigenvalue weighted by Crippen LogP contribution is -2.09. The summed E-state index contributed by atoms with van der Waals surface area (Å²) in [5, 5.41) is 8.58. The van der Waals surface area contributed by atoms with E-state index < -0.39 is 11.7 Å². The lowest BCUT2D eigenvalue weighted by atomic mass is 10.1. The molecule has 0 saturated heterocycles. The molecule has 0 amide bonds. The number of hydrogen-bond donors (Lipinski definition) is 1. The number of nitrogens with one attached hydrogen (secondary N) is 1. The molecule has 0 atom stereocenters. The Labute approximate surface area is 161 Å². The van der Waals surface area contributed by atoms with E-state index in [-0.39, 0.29) is 13.1 Å². The van der Waals surface area contributed by atoms with Gasteiger partial charge in [0.1, 0.15) is 0 Å². The van der Waals surface area contributed by atoms with Crippen LogP contribution < -0.4 is 0 Å². The molecule has 142 valence electrons. The zero-order valence-corrected chi connectivity index (χ0v) is 15.7. The molecular weight excluding hydrogens is 375 g/mol. The summed E-state index contributed by atoms with van der Waals surface area (Å²) >= 11 is 5.90. The molecule has 2 aromatic carbocycles. The third-order valence-electron chi connectivity index (χ3n) is 3.88. The number of benzene rings is 2. The van der Waals surface area contributed by atoms with Gasteiger partial charge in [0.05, 0.1) is 24.4 Å². The number of aryl methyl sites for hydroxylation is 1. The van der Waals surface area contributed by atoms with Gasteiger partial charge >= 0.3 is 6.18 Å². The lowest BCUT2D eigenvalue weighted by Gasteiger charge is -2.07. The zero-order chi connectivity index (χ0) is 20.0. The molecule has 0 spiro atoms. The molecular formula is C20H19ClF3N3. The van der Waals surface area contributed by atoms with Gasteiger partial charge in [-0.2, -0.15) is 13.2 Å². The highest BCUT2D eigenvalue weighted by Gasteiger charge is 2.29. The van der Waals surface area contributed by atoms with Crippen LogP contribution in [0.2, 0.25) is 5.02 Å². The van der Waals surface area contributed by atoms with Gasteiger partial charge in [-0.05, 0) is 54.8 Å². The third kappa shape index (κ3) is 6.32. The van der Waals surface area contributed by atoms with E-state index in [1.165, 1.54) is 12.1 Å². The summed E-state index contributed by atoms with van der Waals surface area (Å²) in [6, 6.07) is 10.3. The van der Waals surface area contributed by atoms with Crippen molar-refractivity contribution in [2.24, 2.45) is 9.98 Å². The molecule has 0 heterocycles. The maximum Gasteiger partial charge on any atom is 0.416 e. The van der Waals surface area contributed by atoms with E-state index in [1.807, 2.05) is 19.1 Å². The Bertz CT molecular complexity index is 869. The molecule has 2 aromatic rings. The molecule has 0 unspecified atom stereocenters. The van der Waals surface area contributed by atoms with Crippen molar-refractivity contribution in [1.29, 1.82) is 5.41 Å². The average molecular weight is 394 g/mol. The Hall–Kier alpha value is -2.47. The average Bonchev–Trinajstić information content (AvgIpc) is 2.61. The standard InChI is InChI=1S/C20H19ClF3N3/c1-13-9-18(21)8-5-16(13)10-26-11-19(25)12-27-14(2)15-3-6-17(7-4-15)20(22,23)24/h3-10,25H,11-12H2,1-2H3. The highest BCUT2D eigenvalue weighted by molar-refractivity contribution is 6.30. The van der Waals surface area contributed by atoms with Gasteiger partial charge in [0, 0.05) is 16.9 Å². The van der Waals surface area contributed by atoms with Crippen LogP contribution in [-0.2, 0) is 6.18 Å². The first kappa shape index (κ1) is 20.8. The molecule has 1 N–H and O–H groups in total. The van der Waals surface area contributed by atoms with E-state index in [0.717, 1.165) is 23.3 Å². The molecule has 0 aromatic heterocycles. The number of halogens is 4. The van der Waals surface area contributed by atoms with Crippen molar-refractivity contribution in [1.82, 2.24) is 0 Å². The van der Waals surface area contributed by atoms with E-state index in [1.54, 1.807) is 19.2 Å². The Morgan fingerprint density at radius 1 is 1.11 bits per heavy atom. The Kier molecular flexibility index (Phi) is 6.91. The predicted octanol–water partition coefficient (Wildman–Crippen LogP) is 5.62. The van der Waals surface area contributed by atoms with Gasteiger partial charge in [-0.25, -0.2) is 0 Å². The molecule has 3 nitrogen and oxygen atoms in total. The molecule has 7 heteroatoms. The molecule has 0 saturated carbocycles. The SMILES string of the molecule is CC(=NCC(=N)CN=Cc1ccc(Cl)cc1C)c1ccc(C(F)(F)F)cc1. The van der Waals surface area contributed by atoms with Crippen LogP contribution in [0.15, 0.2) is 52.4 Å². The van der Waals surface area contributed by atoms with Gasteiger partial charge in [-0.3, -0.25) is 9.98 Å². The molecule has 2 rings (SSSR count). The second-order valence-corrected chi connectivity index (χ2v) is 6.49. The predicted molar refractivity (Wildman–Crippen MR) is 105 cm³/mol. The first-order chi connectivity index (χ1) is 12.7. The van der Waals surface area contributed by atoms with E-state index in [2.05, 4.69) is 9.98 Å². The van der Waals surface area contributed by atoms with Crippen LogP contribution in [-0.4, -0.2) is 30.7 Å². The fraction of sp³-hybridized carbons (Fsp3) is 0.250. The molecule has 0 aliphatic rings. The molecule has 0 fully saturated rings. The number of alkyl halides is 3.